The number of nitrogens with zero attached hydrogens (tertiary/aromatic N) is 2. The van der Waals surface area contributed by atoms with Gasteiger partial charge in [-0.15, -0.1) is 0 Å². The van der Waals surface area contributed by atoms with Gasteiger partial charge in [0, 0.05) is 38.9 Å². The van der Waals surface area contributed by atoms with Crippen LogP contribution in [0.25, 0.3) is 0 Å². The SMILES string of the molecule is CN=C(NCc1ccc(N2CCNC(=O)C2)cc1)NCC1CC1. The molecule has 0 bridgehead atoms. The number of carbonyl (C=O) groups is 1. The summed E-state index contributed by atoms with van der Waals surface area (Å²) in [6.07, 6.45) is 2.67. The first-order valence-electron chi connectivity index (χ1n) is 8.29. The lowest BCUT2D eigenvalue weighted by atomic mass is 10.2. The van der Waals surface area contributed by atoms with E-state index in [4.69, 9.17) is 0 Å². The Bertz CT molecular complexity index is 565. The van der Waals surface area contributed by atoms with Crippen molar-refractivity contribution in [2.45, 2.75) is 19.4 Å². The number of nitrogens with one attached hydrogen (secondary N) is 3. The van der Waals surface area contributed by atoms with Crippen molar-refractivity contribution >= 4 is 17.6 Å². The number of anilines is 1. The van der Waals surface area contributed by atoms with E-state index in [-0.39, 0.29) is 5.91 Å². The molecule has 1 saturated carbocycles. The molecule has 6 heteroatoms. The highest BCUT2D eigenvalue weighted by Crippen LogP contribution is 2.27. The minimum Gasteiger partial charge on any atom is -0.360 e. The number of hydrogen-bond acceptors (Lipinski definition) is 3. The summed E-state index contributed by atoms with van der Waals surface area (Å²) in [6, 6.07) is 8.36. The van der Waals surface area contributed by atoms with Crippen LogP contribution < -0.4 is 20.9 Å². The van der Waals surface area contributed by atoms with E-state index in [9.17, 15) is 4.79 Å². The molecule has 2 aliphatic rings. The maximum absolute atomic E-state index is 11.5. The topological polar surface area (TPSA) is 68.8 Å². The highest BCUT2D eigenvalue weighted by Gasteiger charge is 2.21. The van der Waals surface area contributed by atoms with Crippen LogP contribution >= 0.6 is 0 Å². The zero-order chi connectivity index (χ0) is 16.1. The lowest BCUT2D eigenvalue weighted by molar-refractivity contribution is -0.120. The molecular weight excluding hydrogens is 290 g/mol. The van der Waals surface area contributed by atoms with Gasteiger partial charge in [-0.2, -0.15) is 0 Å². The van der Waals surface area contributed by atoms with Gasteiger partial charge in [0.1, 0.15) is 0 Å². The first-order valence-corrected chi connectivity index (χ1v) is 8.29. The highest BCUT2D eigenvalue weighted by atomic mass is 16.2. The molecule has 1 aliphatic carbocycles. The third-order valence-corrected chi connectivity index (χ3v) is 4.28. The van der Waals surface area contributed by atoms with Gasteiger partial charge in [-0.3, -0.25) is 9.79 Å². The van der Waals surface area contributed by atoms with Crippen molar-refractivity contribution in [3.05, 3.63) is 29.8 Å². The van der Waals surface area contributed by atoms with Crippen molar-refractivity contribution in [2.24, 2.45) is 10.9 Å². The number of guanidine groups is 1. The Labute approximate surface area is 137 Å². The summed E-state index contributed by atoms with van der Waals surface area (Å²) >= 11 is 0. The zero-order valence-electron chi connectivity index (χ0n) is 13.6. The van der Waals surface area contributed by atoms with E-state index in [1.165, 1.54) is 18.4 Å². The molecule has 1 aromatic rings. The van der Waals surface area contributed by atoms with Gasteiger partial charge in [0.25, 0.3) is 0 Å². The average Bonchev–Trinajstić information content (AvgIpc) is 3.40. The van der Waals surface area contributed by atoms with Gasteiger partial charge in [0.15, 0.2) is 5.96 Å². The number of aliphatic imine (C=N–C) groups is 1. The maximum Gasteiger partial charge on any atom is 0.239 e. The second-order valence-corrected chi connectivity index (χ2v) is 6.19. The van der Waals surface area contributed by atoms with Crippen LogP contribution in [0, 0.1) is 5.92 Å². The molecular formula is C17H25N5O. The number of carbonyl (C=O) groups excluding carboxylic acids is 1. The standard InChI is InChI=1S/C17H25N5O/c1-18-17(20-10-13-2-3-13)21-11-14-4-6-15(7-5-14)22-9-8-19-16(23)12-22/h4-7,13H,2-3,8-12H2,1H3,(H,19,23)(H2,18,20,21). The third-order valence-electron chi connectivity index (χ3n) is 4.28. The lowest BCUT2D eigenvalue weighted by Gasteiger charge is -2.28. The van der Waals surface area contributed by atoms with Gasteiger partial charge in [-0.05, 0) is 36.5 Å². The fourth-order valence-corrected chi connectivity index (χ4v) is 2.65. The minimum absolute atomic E-state index is 0.0903. The number of rotatable bonds is 5. The Hall–Kier alpha value is -2.24. The molecule has 0 aromatic heterocycles. The molecule has 1 aromatic carbocycles. The zero-order valence-corrected chi connectivity index (χ0v) is 13.6. The fourth-order valence-electron chi connectivity index (χ4n) is 2.65. The first kappa shape index (κ1) is 15.6. The highest BCUT2D eigenvalue weighted by molar-refractivity contribution is 5.82. The summed E-state index contributed by atoms with van der Waals surface area (Å²) in [4.78, 5) is 17.8. The van der Waals surface area contributed by atoms with E-state index >= 15 is 0 Å². The second-order valence-electron chi connectivity index (χ2n) is 6.19. The molecule has 1 amide bonds. The Balaban J connectivity index is 1.49. The van der Waals surface area contributed by atoms with E-state index in [0.29, 0.717) is 13.1 Å². The van der Waals surface area contributed by atoms with Crippen molar-refractivity contribution in [1.29, 1.82) is 0 Å². The summed E-state index contributed by atoms with van der Waals surface area (Å²) in [6.45, 7) is 3.77. The van der Waals surface area contributed by atoms with E-state index < -0.39 is 0 Å². The Morgan fingerprint density at radius 1 is 1.30 bits per heavy atom. The van der Waals surface area contributed by atoms with Crippen molar-refractivity contribution in [3.63, 3.8) is 0 Å². The molecule has 6 nitrogen and oxygen atoms in total. The molecule has 3 N–H and O–H groups in total. The average molecular weight is 315 g/mol. The number of hydrogen-bond donors (Lipinski definition) is 3. The van der Waals surface area contributed by atoms with Crippen LogP contribution in [0.15, 0.2) is 29.3 Å². The van der Waals surface area contributed by atoms with Crippen LogP contribution in [0.4, 0.5) is 5.69 Å². The van der Waals surface area contributed by atoms with Gasteiger partial charge in [-0.25, -0.2) is 0 Å². The first-order chi connectivity index (χ1) is 11.2. The van der Waals surface area contributed by atoms with Gasteiger partial charge >= 0.3 is 0 Å². The number of benzene rings is 1. The largest absolute Gasteiger partial charge is 0.360 e. The second kappa shape index (κ2) is 7.35. The van der Waals surface area contributed by atoms with Crippen molar-refractivity contribution in [2.75, 3.05) is 38.1 Å². The van der Waals surface area contributed by atoms with Crippen LogP contribution in [0.2, 0.25) is 0 Å². The van der Waals surface area contributed by atoms with E-state index in [0.717, 1.165) is 37.2 Å². The van der Waals surface area contributed by atoms with Gasteiger partial charge < -0.3 is 20.9 Å². The van der Waals surface area contributed by atoms with Crippen molar-refractivity contribution in [1.82, 2.24) is 16.0 Å². The molecule has 0 spiro atoms. The number of piperazine rings is 1. The molecule has 1 saturated heterocycles. The lowest BCUT2D eigenvalue weighted by Crippen LogP contribution is -2.47. The van der Waals surface area contributed by atoms with Crippen LogP contribution in [-0.2, 0) is 11.3 Å². The van der Waals surface area contributed by atoms with Crippen molar-refractivity contribution < 1.29 is 4.79 Å². The predicted molar refractivity (Wildman–Crippen MR) is 92.6 cm³/mol. The maximum atomic E-state index is 11.5. The Morgan fingerprint density at radius 3 is 2.74 bits per heavy atom. The van der Waals surface area contributed by atoms with E-state index in [1.54, 1.807) is 7.05 Å². The van der Waals surface area contributed by atoms with E-state index in [1.807, 2.05) is 0 Å². The van der Waals surface area contributed by atoms with Crippen LogP contribution in [0.1, 0.15) is 18.4 Å². The Kier molecular flexibility index (Phi) is 5.00. The summed E-state index contributed by atoms with van der Waals surface area (Å²) in [7, 11) is 1.80. The Morgan fingerprint density at radius 2 is 2.09 bits per heavy atom. The molecule has 1 heterocycles. The van der Waals surface area contributed by atoms with Crippen LogP contribution in [0.5, 0.6) is 0 Å². The molecule has 3 rings (SSSR count). The van der Waals surface area contributed by atoms with Gasteiger partial charge in [0.2, 0.25) is 5.91 Å². The monoisotopic (exact) mass is 315 g/mol. The van der Waals surface area contributed by atoms with Gasteiger partial charge in [-0.1, -0.05) is 12.1 Å². The summed E-state index contributed by atoms with van der Waals surface area (Å²) in [5.74, 6) is 1.77. The van der Waals surface area contributed by atoms with E-state index in [2.05, 4.69) is 50.1 Å². The molecule has 0 unspecified atom stereocenters. The van der Waals surface area contributed by atoms with Crippen LogP contribution in [0.3, 0.4) is 0 Å². The molecule has 0 radical (unpaired) electrons. The normalized spacial score (nSPS) is 18.6. The molecule has 124 valence electrons. The van der Waals surface area contributed by atoms with Crippen LogP contribution in [-0.4, -0.2) is 45.1 Å². The van der Waals surface area contributed by atoms with Crippen molar-refractivity contribution in [3.8, 4) is 0 Å². The van der Waals surface area contributed by atoms with Gasteiger partial charge in [0.05, 0.1) is 6.54 Å². The predicted octanol–water partition coefficient (Wildman–Crippen LogP) is 0.698. The summed E-state index contributed by atoms with van der Waals surface area (Å²) in [5, 5.41) is 9.54. The molecule has 1 aliphatic heterocycles. The third kappa shape index (κ3) is 4.61. The number of amides is 1. The smallest absolute Gasteiger partial charge is 0.239 e. The molecule has 2 fully saturated rings. The minimum atomic E-state index is 0.0903. The fraction of sp³-hybridized carbons (Fsp3) is 0.529. The molecule has 23 heavy (non-hydrogen) atoms. The quantitative estimate of drug-likeness (QED) is 0.553. The summed E-state index contributed by atoms with van der Waals surface area (Å²) in [5.41, 5.74) is 2.30. The molecule has 0 atom stereocenters. The summed E-state index contributed by atoms with van der Waals surface area (Å²) < 4.78 is 0.